The Kier molecular flexibility index (Phi) is 4.53. The van der Waals surface area contributed by atoms with E-state index in [4.69, 9.17) is 4.42 Å². The zero-order valence-corrected chi connectivity index (χ0v) is 17.9. The van der Waals surface area contributed by atoms with E-state index in [0.717, 1.165) is 40.0 Å². The van der Waals surface area contributed by atoms with E-state index in [1.54, 1.807) is 29.8 Å². The molecule has 1 aromatic carbocycles. The molecule has 7 nitrogen and oxygen atoms in total. The summed E-state index contributed by atoms with van der Waals surface area (Å²) in [6.07, 6.45) is 9.91. The summed E-state index contributed by atoms with van der Waals surface area (Å²) in [5.41, 5.74) is 2.77. The number of fused-ring (bicyclic) bond motifs is 2. The first-order valence-electron chi connectivity index (χ1n) is 10.7. The maximum atomic E-state index is 12.3. The van der Waals surface area contributed by atoms with Crippen LogP contribution in [-0.4, -0.2) is 28.0 Å². The van der Waals surface area contributed by atoms with Crippen molar-refractivity contribution in [1.82, 2.24) is 15.3 Å². The fourth-order valence-corrected chi connectivity index (χ4v) is 4.53. The van der Waals surface area contributed by atoms with E-state index in [1.165, 1.54) is 12.8 Å². The van der Waals surface area contributed by atoms with Crippen LogP contribution in [0.5, 0.6) is 0 Å². The zero-order valence-electron chi connectivity index (χ0n) is 17.1. The number of carbonyl (C=O) groups excluding carboxylic acids is 1. The van der Waals surface area contributed by atoms with Crippen LogP contribution in [0.1, 0.15) is 47.2 Å². The summed E-state index contributed by atoms with van der Waals surface area (Å²) in [5, 5.41) is 9.10. The highest BCUT2D eigenvalue weighted by Gasteiger charge is 2.25. The maximum absolute atomic E-state index is 12.3. The van der Waals surface area contributed by atoms with Gasteiger partial charge in [0.25, 0.3) is 5.91 Å². The zero-order chi connectivity index (χ0) is 21.7. The number of anilines is 1. The molecule has 32 heavy (non-hydrogen) atoms. The summed E-state index contributed by atoms with van der Waals surface area (Å²) >= 11 is 1.63. The van der Waals surface area contributed by atoms with Crippen LogP contribution in [0.25, 0.3) is 33.3 Å². The second kappa shape index (κ2) is 7.56. The monoisotopic (exact) mass is 444 g/mol. The Morgan fingerprint density at radius 3 is 2.75 bits per heavy atom. The number of aromatic nitrogens is 2. The molecule has 2 aliphatic carbocycles. The lowest BCUT2D eigenvalue weighted by molar-refractivity contribution is 0.0947. The van der Waals surface area contributed by atoms with Crippen molar-refractivity contribution in [3.05, 3.63) is 63.1 Å². The van der Waals surface area contributed by atoms with Gasteiger partial charge in [-0.15, -0.1) is 11.3 Å². The van der Waals surface area contributed by atoms with Crippen LogP contribution in [0.15, 0.2) is 45.2 Å². The fraction of sp³-hybridized carbons (Fsp3) is 0.250. The number of hydrogen-bond acceptors (Lipinski definition) is 7. The molecule has 0 spiro atoms. The van der Waals surface area contributed by atoms with E-state index >= 15 is 0 Å². The molecule has 0 radical (unpaired) electrons. The highest BCUT2D eigenvalue weighted by molar-refractivity contribution is 7.18. The second-order valence-corrected chi connectivity index (χ2v) is 9.22. The molecule has 2 fully saturated rings. The van der Waals surface area contributed by atoms with Crippen LogP contribution in [0.2, 0.25) is 0 Å². The highest BCUT2D eigenvalue weighted by Crippen LogP contribution is 2.33. The third kappa shape index (κ3) is 3.78. The van der Waals surface area contributed by atoms with Crippen LogP contribution in [-0.2, 0) is 0 Å². The smallest absolute Gasteiger partial charge is 0.349 e. The van der Waals surface area contributed by atoms with Gasteiger partial charge in [0.1, 0.15) is 23.3 Å². The predicted octanol–water partition coefficient (Wildman–Crippen LogP) is 4.43. The minimum Gasteiger partial charge on any atom is -0.422 e. The molecule has 6 rings (SSSR count). The molecule has 0 saturated heterocycles. The number of amides is 1. The van der Waals surface area contributed by atoms with Crippen molar-refractivity contribution in [2.24, 2.45) is 0 Å². The Balaban J connectivity index is 1.30. The van der Waals surface area contributed by atoms with E-state index in [-0.39, 0.29) is 17.5 Å². The lowest BCUT2D eigenvalue weighted by Gasteiger charge is -2.04. The van der Waals surface area contributed by atoms with E-state index in [2.05, 4.69) is 26.0 Å². The average Bonchev–Trinajstić information content (AvgIpc) is 3.72. The second-order valence-electron chi connectivity index (χ2n) is 8.34. The summed E-state index contributed by atoms with van der Waals surface area (Å²) in [6.45, 7) is 0. The molecule has 3 heterocycles. The van der Waals surface area contributed by atoms with E-state index in [9.17, 15) is 9.59 Å². The third-order valence-electron chi connectivity index (χ3n) is 5.67. The standard InChI is InChI=1S/C24H20N4O3S/c29-23(28-17-6-7-17)18-10-15-9-13(2-8-19(15)31-24(18)30)1-3-14-11-32-21-20(14)25-12-26-22(21)27-16-4-5-16/h1-3,8-12,16-17H,4-7H2,(H,28,29)(H,25,26,27)/b3-1+. The first-order valence-corrected chi connectivity index (χ1v) is 11.6. The van der Waals surface area contributed by atoms with Crippen molar-refractivity contribution in [3.63, 3.8) is 0 Å². The normalized spacial score (nSPS) is 16.1. The van der Waals surface area contributed by atoms with Crippen LogP contribution in [0.3, 0.4) is 0 Å². The number of benzene rings is 1. The molecule has 0 unspecified atom stereocenters. The van der Waals surface area contributed by atoms with E-state index in [1.807, 2.05) is 24.3 Å². The fourth-order valence-electron chi connectivity index (χ4n) is 3.59. The van der Waals surface area contributed by atoms with Gasteiger partial charge in [0.05, 0.1) is 10.2 Å². The van der Waals surface area contributed by atoms with Gasteiger partial charge in [-0.25, -0.2) is 14.8 Å². The lowest BCUT2D eigenvalue weighted by Crippen LogP contribution is -2.29. The average molecular weight is 445 g/mol. The Labute approximate surface area is 187 Å². The molecule has 1 amide bonds. The van der Waals surface area contributed by atoms with Gasteiger partial charge in [-0.2, -0.15) is 0 Å². The van der Waals surface area contributed by atoms with Gasteiger partial charge in [-0.3, -0.25) is 4.79 Å². The van der Waals surface area contributed by atoms with Crippen molar-refractivity contribution >= 4 is 56.4 Å². The van der Waals surface area contributed by atoms with Gasteiger partial charge in [0.2, 0.25) is 0 Å². The van der Waals surface area contributed by atoms with Crippen molar-refractivity contribution in [2.45, 2.75) is 37.8 Å². The molecule has 0 atom stereocenters. The highest BCUT2D eigenvalue weighted by atomic mass is 32.1. The third-order valence-corrected chi connectivity index (χ3v) is 6.66. The Morgan fingerprint density at radius 1 is 1.09 bits per heavy atom. The van der Waals surface area contributed by atoms with Gasteiger partial charge in [0, 0.05) is 28.4 Å². The Morgan fingerprint density at radius 2 is 1.94 bits per heavy atom. The van der Waals surface area contributed by atoms with Gasteiger partial charge < -0.3 is 15.1 Å². The minimum atomic E-state index is -0.612. The first-order chi connectivity index (χ1) is 15.6. The van der Waals surface area contributed by atoms with E-state index < -0.39 is 5.63 Å². The van der Waals surface area contributed by atoms with Crippen molar-refractivity contribution in [2.75, 3.05) is 5.32 Å². The lowest BCUT2D eigenvalue weighted by atomic mass is 10.1. The molecular formula is C24H20N4O3S. The first kappa shape index (κ1) is 19.2. The van der Waals surface area contributed by atoms with Crippen LogP contribution < -0.4 is 16.3 Å². The number of thiophene rings is 1. The molecular weight excluding hydrogens is 424 g/mol. The van der Waals surface area contributed by atoms with Crippen molar-refractivity contribution in [3.8, 4) is 0 Å². The molecule has 2 aliphatic rings. The molecule has 4 aromatic rings. The molecule has 2 N–H and O–H groups in total. The molecule has 3 aromatic heterocycles. The van der Waals surface area contributed by atoms with Gasteiger partial charge in [-0.1, -0.05) is 18.2 Å². The van der Waals surface area contributed by atoms with Crippen molar-refractivity contribution in [1.29, 1.82) is 0 Å². The summed E-state index contributed by atoms with van der Waals surface area (Å²) in [5.74, 6) is 0.532. The topological polar surface area (TPSA) is 97.1 Å². The Bertz CT molecular complexity index is 1450. The maximum Gasteiger partial charge on any atom is 0.349 e. The molecule has 2 saturated carbocycles. The van der Waals surface area contributed by atoms with Crippen LogP contribution >= 0.6 is 11.3 Å². The number of nitrogens with one attached hydrogen (secondary N) is 2. The molecule has 0 bridgehead atoms. The van der Waals surface area contributed by atoms with Crippen LogP contribution in [0, 0.1) is 0 Å². The van der Waals surface area contributed by atoms with Crippen LogP contribution in [0.4, 0.5) is 5.82 Å². The number of hydrogen-bond donors (Lipinski definition) is 2. The number of carbonyl (C=O) groups is 1. The SMILES string of the molecule is O=C(NC1CC1)c1cc2cc(/C=C/c3csc4c(NC5CC5)ncnc34)ccc2oc1=O. The predicted molar refractivity (Wildman–Crippen MR) is 126 cm³/mol. The summed E-state index contributed by atoms with van der Waals surface area (Å²) in [4.78, 5) is 33.4. The summed E-state index contributed by atoms with van der Waals surface area (Å²) < 4.78 is 6.43. The largest absolute Gasteiger partial charge is 0.422 e. The quantitative estimate of drug-likeness (QED) is 0.427. The van der Waals surface area contributed by atoms with Gasteiger partial charge in [-0.05, 0) is 49.4 Å². The van der Waals surface area contributed by atoms with Crippen molar-refractivity contribution < 1.29 is 9.21 Å². The number of rotatable bonds is 6. The van der Waals surface area contributed by atoms with Gasteiger partial charge >= 0.3 is 5.63 Å². The number of nitrogens with zero attached hydrogens (tertiary/aromatic N) is 2. The summed E-state index contributed by atoms with van der Waals surface area (Å²) in [6, 6.07) is 7.87. The Hall–Kier alpha value is -3.52. The minimum absolute atomic E-state index is 0.0433. The molecule has 0 aliphatic heterocycles. The van der Waals surface area contributed by atoms with E-state index in [0.29, 0.717) is 17.0 Å². The summed E-state index contributed by atoms with van der Waals surface area (Å²) in [7, 11) is 0. The molecule has 8 heteroatoms. The molecule has 160 valence electrons. The van der Waals surface area contributed by atoms with Gasteiger partial charge in [0.15, 0.2) is 0 Å².